The van der Waals surface area contributed by atoms with Crippen molar-refractivity contribution in [1.82, 2.24) is 0 Å². The molecule has 3 N–H and O–H groups in total. The predicted octanol–water partition coefficient (Wildman–Crippen LogP) is 2.16. The summed E-state index contributed by atoms with van der Waals surface area (Å²) in [4.78, 5) is 11.5. The van der Waals surface area contributed by atoms with E-state index in [1.165, 1.54) is 0 Å². The molecule has 3 rings (SSSR count). The Morgan fingerprint density at radius 3 is 1.68 bits per heavy atom. The summed E-state index contributed by atoms with van der Waals surface area (Å²) >= 11 is 0. The lowest BCUT2D eigenvalue weighted by molar-refractivity contribution is -0.140. The average molecular weight is 253 g/mol. The van der Waals surface area contributed by atoms with Crippen molar-refractivity contribution in [3.63, 3.8) is 0 Å². The van der Waals surface area contributed by atoms with E-state index in [1.54, 1.807) is 0 Å². The SMILES string of the molecule is NC1(C(=O)O)CC1(c1ccccc1)c1ccccc1. The number of carbonyl (C=O) groups is 1. The van der Waals surface area contributed by atoms with Crippen molar-refractivity contribution >= 4 is 5.97 Å². The van der Waals surface area contributed by atoms with Crippen LogP contribution in [0.2, 0.25) is 0 Å². The molecule has 1 atom stereocenters. The van der Waals surface area contributed by atoms with E-state index < -0.39 is 16.9 Å². The summed E-state index contributed by atoms with van der Waals surface area (Å²) in [5, 5.41) is 9.45. The van der Waals surface area contributed by atoms with Crippen LogP contribution in [0.1, 0.15) is 17.5 Å². The molecular formula is C16H15NO2. The molecule has 0 aliphatic heterocycles. The van der Waals surface area contributed by atoms with E-state index in [0.717, 1.165) is 11.1 Å². The Kier molecular flexibility index (Phi) is 2.47. The average Bonchev–Trinajstić information content (AvgIpc) is 3.10. The Morgan fingerprint density at radius 1 is 0.947 bits per heavy atom. The van der Waals surface area contributed by atoms with Crippen molar-refractivity contribution in [3.05, 3.63) is 71.8 Å². The molecular weight excluding hydrogens is 238 g/mol. The Hall–Kier alpha value is -2.13. The summed E-state index contributed by atoms with van der Waals surface area (Å²) in [7, 11) is 0. The molecule has 1 aliphatic rings. The van der Waals surface area contributed by atoms with Gasteiger partial charge in [0.1, 0.15) is 5.54 Å². The standard InChI is InChI=1S/C16H15NO2/c17-16(14(18)19)11-15(16,12-7-3-1-4-8-12)13-9-5-2-6-10-13/h1-10H,11,17H2,(H,18,19). The van der Waals surface area contributed by atoms with Gasteiger partial charge in [-0.2, -0.15) is 0 Å². The summed E-state index contributed by atoms with van der Waals surface area (Å²) in [5.41, 5.74) is 6.24. The van der Waals surface area contributed by atoms with Gasteiger partial charge in [0.25, 0.3) is 0 Å². The lowest BCUT2D eigenvalue weighted by Gasteiger charge is -2.21. The maximum Gasteiger partial charge on any atom is 0.325 e. The van der Waals surface area contributed by atoms with E-state index >= 15 is 0 Å². The minimum Gasteiger partial charge on any atom is -0.480 e. The molecule has 0 spiro atoms. The highest BCUT2D eigenvalue weighted by Gasteiger charge is 2.71. The molecule has 0 heterocycles. The van der Waals surface area contributed by atoms with Gasteiger partial charge in [0.2, 0.25) is 0 Å². The smallest absolute Gasteiger partial charge is 0.325 e. The highest BCUT2D eigenvalue weighted by Crippen LogP contribution is 2.60. The first-order chi connectivity index (χ1) is 9.11. The molecule has 1 saturated carbocycles. The van der Waals surface area contributed by atoms with Crippen LogP contribution in [0.25, 0.3) is 0 Å². The third-order valence-corrected chi connectivity index (χ3v) is 4.10. The minimum absolute atomic E-state index is 0.434. The van der Waals surface area contributed by atoms with E-state index in [-0.39, 0.29) is 0 Å². The maximum atomic E-state index is 11.5. The van der Waals surface area contributed by atoms with Crippen LogP contribution >= 0.6 is 0 Å². The topological polar surface area (TPSA) is 63.3 Å². The number of benzene rings is 2. The third-order valence-electron chi connectivity index (χ3n) is 4.10. The molecule has 96 valence electrons. The number of hydrogen-bond donors (Lipinski definition) is 2. The highest BCUT2D eigenvalue weighted by molar-refractivity contribution is 5.89. The van der Waals surface area contributed by atoms with Crippen LogP contribution < -0.4 is 5.73 Å². The van der Waals surface area contributed by atoms with Crippen LogP contribution in [0.3, 0.4) is 0 Å². The molecule has 3 nitrogen and oxygen atoms in total. The van der Waals surface area contributed by atoms with Gasteiger partial charge in [0.15, 0.2) is 0 Å². The van der Waals surface area contributed by atoms with E-state index in [0.29, 0.717) is 6.42 Å². The largest absolute Gasteiger partial charge is 0.480 e. The summed E-state index contributed by atoms with van der Waals surface area (Å²) < 4.78 is 0. The molecule has 0 radical (unpaired) electrons. The fraction of sp³-hybridized carbons (Fsp3) is 0.188. The van der Waals surface area contributed by atoms with Crippen LogP contribution in [0.15, 0.2) is 60.7 Å². The molecule has 19 heavy (non-hydrogen) atoms. The molecule has 3 heteroatoms. The molecule has 0 saturated heterocycles. The van der Waals surface area contributed by atoms with Gasteiger partial charge in [-0.15, -0.1) is 0 Å². The van der Waals surface area contributed by atoms with Crippen molar-refractivity contribution in [3.8, 4) is 0 Å². The van der Waals surface area contributed by atoms with Crippen molar-refractivity contribution in [1.29, 1.82) is 0 Å². The summed E-state index contributed by atoms with van der Waals surface area (Å²) in [6.07, 6.45) is 0.434. The Balaban J connectivity index is 2.18. The number of carboxylic acid groups (broad SMARTS) is 1. The number of nitrogens with two attached hydrogens (primary N) is 1. The predicted molar refractivity (Wildman–Crippen MR) is 72.8 cm³/mol. The molecule has 1 fully saturated rings. The number of aliphatic carboxylic acids is 1. The first-order valence-electron chi connectivity index (χ1n) is 6.24. The molecule has 0 amide bonds. The van der Waals surface area contributed by atoms with Crippen molar-refractivity contribution in [2.75, 3.05) is 0 Å². The van der Waals surface area contributed by atoms with Gasteiger partial charge >= 0.3 is 5.97 Å². The Bertz CT molecular complexity index is 570. The zero-order valence-electron chi connectivity index (χ0n) is 10.4. The van der Waals surface area contributed by atoms with Crippen LogP contribution in [0, 0.1) is 0 Å². The Morgan fingerprint density at radius 2 is 1.37 bits per heavy atom. The highest BCUT2D eigenvalue weighted by atomic mass is 16.4. The van der Waals surface area contributed by atoms with Gasteiger partial charge in [-0.25, -0.2) is 0 Å². The fourth-order valence-corrected chi connectivity index (χ4v) is 2.96. The van der Waals surface area contributed by atoms with Crippen molar-refractivity contribution in [2.24, 2.45) is 5.73 Å². The fourth-order valence-electron chi connectivity index (χ4n) is 2.96. The number of rotatable bonds is 3. The van der Waals surface area contributed by atoms with Gasteiger partial charge < -0.3 is 10.8 Å². The van der Waals surface area contributed by atoms with Gasteiger partial charge in [0, 0.05) is 0 Å². The molecule has 1 unspecified atom stereocenters. The first-order valence-corrected chi connectivity index (χ1v) is 6.24. The van der Waals surface area contributed by atoms with Gasteiger partial charge in [-0.05, 0) is 17.5 Å². The summed E-state index contributed by atoms with van der Waals surface area (Å²) in [5.74, 6) is -0.944. The normalized spacial score (nSPS) is 23.8. The Labute approximate surface area is 111 Å². The summed E-state index contributed by atoms with van der Waals surface area (Å²) in [6, 6.07) is 19.3. The lowest BCUT2D eigenvalue weighted by atomic mass is 9.84. The minimum atomic E-state index is -1.21. The van der Waals surface area contributed by atoms with Crippen LogP contribution in [-0.2, 0) is 10.2 Å². The van der Waals surface area contributed by atoms with Gasteiger partial charge in [-0.3, -0.25) is 4.79 Å². The molecule has 0 bridgehead atoms. The molecule has 1 aliphatic carbocycles. The van der Waals surface area contributed by atoms with Crippen LogP contribution in [0.4, 0.5) is 0 Å². The second-order valence-corrected chi connectivity index (χ2v) is 5.09. The van der Waals surface area contributed by atoms with Crippen molar-refractivity contribution in [2.45, 2.75) is 17.4 Å². The second kappa shape index (κ2) is 3.93. The van der Waals surface area contributed by atoms with Gasteiger partial charge in [0.05, 0.1) is 5.41 Å². The van der Waals surface area contributed by atoms with Crippen LogP contribution in [-0.4, -0.2) is 16.6 Å². The van der Waals surface area contributed by atoms with Crippen molar-refractivity contribution < 1.29 is 9.90 Å². The molecule has 2 aromatic rings. The van der Waals surface area contributed by atoms with Gasteiger partial charge in [-0.1, -0.05) is 60.7 Å². The summed E-state index contributed by atoms with van der Waals surface area (Å²) in [6.45, 7) is 0. The lowest BCUT2D eigenvalue weighted by Crippen LogP contribution is -2.41. The quantitative estimate of drug-likeness (QED) is 0.881. The number of hydrogen-bond acceptors (Lipinski definition) is 2. The third kappa shape index (κ3) is 1.52. The monoisotopic (exact) mass is 253 g/mol. The zero-order chi connectivity index (χ0) is 13.5. The van der Waals surface area contributed by atoms with E-state index in [9.17, 15) is 9.90 Å². The second-order valence-electron chi connectivity index (χ2n) is 5.09. The van der Waals surface area contributed by atoms with E-state index in [1.807, 2.05) is 60.7 Å². The van der Waals surface area contributed by atoms with E-state index in [4.69, 9.17) is 5.73 Å². The maximum absolute atomic E-state index is 11.5. The number of carboxylic acids is 1. The zero-order valence-corrected chi connectivity index (χ0v) is 10.4. The van der Waals surface area contributed by atoms with E-state index in [2.05, 4.69) is 0 Å². The molecule has 2 aromatic carbocycles. The molecule has 0 aromatic heterocycles. The first kappa shape index (κ1) is 11.9. The van der Waals surface area contributed by atoms with Crippen LogP contribution in [0.5, 0.6) is 0 Å².